The van der Waals surface area contributed by atoms with Crippen molar-refractivity contribution >= 4 is 10.9 Å². The van der Waals surface area contributed by atoms with Crippen LogP contribution in [0, 0.1) is 6.92 Å². The van der Waals surface area contributed by atoms with Gasteiger partial charge in [-0.3, -0.25) is 4.79 Å². The van der Waals surface area contributed by atoms with Crippen LogP contribution in [0.15, 0.2) is 16.9 Å². The zero-order chi connectivity index (χ0) is 15.7. The van der Waals surface area contributed by atoms with Crippen LogP contribution in [-0.2, 0) is 0 Å². The van der Waals surface area contributed by atoms with Crippen molar-refractivity contribution in [1.82, 2.24) is 14.9 Å². The number of fused-ring (bicyclic) bond motifs is 1. The van der Waals surface area contributed by atoms with Crippen LogP contribution in [0.5, 0.6) is 11.5 Å². The number of methoxy groups -OCH3 is 1. The van der Waals surface area contributed by atoms with Gasteiger partial charge in [0.25, 0.3) is 5.56 Å². The summed E-state index contributed by atoms with van der Waals surface area (Å²) in [5.41, 5.74) is 0.455. The molecule has 0 amide bonds. The fourth-order valence-corrected chi connectivity index (χ4v) is 2.91. The fraction of sp³-hybridized carbons (Fsp3) is 0.500. The second-order valence-electron chi connectivity index (χ2n) is 5.76. The highest BCUT2D eigenvalue weighted by Gasteiger charge is 2.22. The molecule has 0 bridgehead atoms. The topological polar surface area (TPSA) is 67.4 Å². The van der Waals surface area contributed by atoms with Gasteiger partial charge in [-0.1, -0.05) is 0 Å². The van der Waals surface area contributed by atoms with Crippen LogP contribution in [0.4, 0.5) is 0 Å². The first-order chi connectivity index (χ1) is 10.6. The molecule has 1 aromatic carbocycles. The molecule has 6 heteroatoms. The first kappa shape index (κ1) is 14.8. The molecule has 1 aromatic heterocycles. The predicted molar refractivity (Wildman–Crippen MR) is 84.8 cm³/mol. The Kier molecular flexibility index (Phi) is 4.02. The lowest BCUT2D eigenvalue weighted by atomic mass is 10.2. The number of nitrogens with zero attached hydrogens (tertiary/aromatic N) is 2. The first-order valence-electron chi connectivity index (χ1n) is 7.50. The molecule has 1 atom stereocenters. The van der Waals surface area contributed by atoms with Gasteiger partial charge < -0.3 is 19.4 Å². The smallest absolute Gasteiger partial charge is 0.258 e. The molecule has 1 aliphatic heterocycles. The van der Waals surface area contributed by atoms with Crippen LogP contribution in [-0.4, -0.2) is 48.2 Å². The standard InChI is InChI=1S/C16H21N3O3/c1-10-17-13-8-14(21-3)15(7-12(13)16(20)18-10)22-9-11-5-4-6-19(11)2/h7-8,11H,4-6,9H2,1-3H3,(H,17,18,20). The van der Waals surface area contributed by atoms with E-state index >= 15 is 0 Å². The largest absolute Gasteiger partial charge is 0.493 e. The summed E-state index contributed by atoms with van der Waals surface area (Å²) in [5.74, 6) is 1.78. The Hall–Kier alpha value is -2.08. The molecule has 1 fully saturated rings. The minimum atomic E-state index is -0.159. The molecule has 0 spiro atoms. The molecule has 6 nitrogen and oxygen atoms in total. The molecule has 0 saturated carbocycles. The Labute approximate surface area is 129 Å². The van der Waals surface area contributed by atoms with Crippen LogP contribution in [0.25, 0.3) is 10.9 Å². The lowest BCUT2D eigenvalue weighted by Crippen LogP contribution is -2.30. The number of aromatic amines is 1. The van der Waals surface area contributed by atoms with Gasteiger partial charge in [0.1, 0.15) is 12.4 Å². The van der Waals surface area contributed by atoms with Crippen molar-refractivity contribution in [2.45, 2.75) is 25.8 Å². The summed E-state index contributed by atoms with van der Waals surface area (Å²) in [4.78, 5) is 21.4. The summed E-state index contributed by atoms with van der Waals surface area (Å²) >= 11 is 0. The van der Waals surface area contributed by atoms with Gasteiger partial charge >= 0.3 is 0 Å². The summed E-state index contributed by atoms with van der Waals surface area (Å²) in [5, 5.41) is 0.515. The third kappa shape index (κ3) is 2.78. The maximum atomic E-state index is 12.1. The summed E-state index contributed by atoms with van der Waals surface area (Å²) in [7, 11) is 3.70. The zero-order valence-electron chi connectivity index (χ0n) is 13.2. The average Bonchev–Trinajstić information content (AvgIpc) is 2.89. The quantitative estimate of drug-likeness (QED) is 0.931. The van der Waals surface area contributed by atoms with E-state index in [0.717, 1.165) is 13.0 Å². The molecule has 22 heavy (non-hydrogen) atoms. The second-order valence-corrected chi connectivity index (χ2v) is 5.76. The summed E-state index contributed by atoms with van der Waals surface area (Å²) in [6.45, 7) is 3.45. The third-order valence-electron chi connectivity index (χ3n) is 4.21. The Bertz CT molecular complexity index is 741. The second kappa shape index (κ2) is 5.96. The number of likely N-dealkylation sites (N-methyl/N-ethyl adjacent to an activating group) is 1. The van der Waals surface area contributed by atoms with Crippen molar-refractivity contribution in [3.05, 3.63) is 28.3 Å². The van der Waals surface area contributed by atoms with Gasteiger partial charge in [-0.05, 0) is 39.4 Å². The average molecular weight is 303 g/mol. The van der Waals surface area contributed by atoms with E-state index in [1.165, 1.54) is 6.42 Å². The number of likely N-dealkylation sites (tertiary alicyclic amines) is 1. The van der Waals surface area contributed by atoms with E-state index in [9.17, 15) is 4.79 Å². The summed E-state index contributed by atoms with van der Waals surface area (Å²) in [6, 6.07) is 3.88. The highest BCUT2D eigenvalue weighted by Crippen LogP contribution is 2.31. The van der Waals surface area contributed by atoms with Crippen LogP contribution in [0.1, 0.15) is 18.7 Å². The van der Waals surface area contributed by atoms with Gasteiger partial charge in [0.2, 0.25) is 0 Å². The molecule has 1 saturated heterocycles. The summed E-state index contributed by atoms with van der Waals surface area (Å²) in [6.07, 6.45) is 2.33. The monoisotopic (exact) mass is 303 g/mol. The van der Waals surface area contributed by atoms with Gasteiger partial charge in [0, 0.05) is 12.1 Å². The Morgan fingerprint density at radius 2 is 2.23 bits per heavy atom. The van der Waals surface area contributed by atoms with Crippen molar-refractivity contribution in [3.63, 3.8) is 0 Å². The molecule has 1 unspecified atom stereocenters. The van der Waals surface area contributed by atoms with Gasteiger partial charge in [0.15, 0.2) is 11.5 Å². The third-order valence-corrected chi connectivity index (χ3v) is 4.21. The number of nitrogens with one attached hydrogen (secondary N) is 1. The van der Waals surface area contributed by atoms with E-state index < -0.39 is 0 Å². The normalized spacial score (nSPS) is 18.8. The molecule has 1 aliphatic rings. The maximum absolute atomic E-state index is 12.1. The fourth-order valence-electron chi connectivity index (χ4n) is 2.91. The number of ether oxygens (including phenoxy) is 2. The van der Waals surface area contributed by atoms with Crippen molar-refractivity contribution in [3.8, 4) is 11.5 Å². The van der Waals surface area contributed by atoms with E-state index in [2.05, 4.69) is 21.9 Å². The van der Waals surface area contributed by atoms with E-state index in [1.807, 2.05) is 0 Å². The molecule has 118 valence electrons. The lowest BCUT2D eigenvalue weighted by molar-refractivity contribution is 0.193. The number of hydrogen-bond acceptors (Lipinski definition) is 5. The van der Waals surface area contributed by atoms with Crippen LogP contribution < -0.4 is 15.0 Å². The number of rotatable bonds is 4. The highest BCUT2D eigenvalue weighted by atomic mass is 16.5. The predicted octanol–water partition coefficient (Wildman–Crippen LogP) is 1.71. The number of H-pyrrole nitrogens is 1. The van der Waals surface area contributed by atoms with Crippen molar-refractivity contribution in [1.29, 1.82) is 0 Å². The number of benzene rings is 1. The van der Waals surface area contributed by atoms with Gasteiger partial charge in [-0.25, -0.2) is 4.98 Å². The van der Waals surface area contributed by atoms with Crippen LogP contribution in [0.3, 0.4) is 0 Å². The first-order valence-corrected chi connectivity index (χ1v) is 7.50. The molecule has 2 aromatic rings. The highest BCUT2D eigenvalue weighted by molar-refractivity contribution is 5.81. The Morgan fingerprint density at radius 3 is 2.91 bits per heavy atom. The Balaban J connectivity index is 1.92. The molecular formula is C16H21N3O3. The molecule has 0 aliphatic carbocycles. The SMILES string of the molecule is COc1cc2nc(C)[nH]c(=O)c2cc1OCC1CCCN1C. The number of aromatic nitrogens is 2. The number of aryl methyl sites for hydroxylation is 1. The lowest BCUT2D eigenvalue weighted by Gasteiger charge is -2.20. The molecule has 2 heterocycles. The molecule has 1 N–H and O–H groups in total. The Morgan fingerprint density at radius 1 is 1.41 bits per heavy atom. The van der Waals surface area contributed by atoms with Gasteiger partial charge in [0.05, 0.1) is 18.0 Å². The van der Waals surface area contributed by atoms with E-state index in [1.54, 1.807) is 26.2 Å². The maximum Gasteiger partial charge on any atom is 0.258 e. The molecular weight excluding hydrogens is 282 g/mol. The van der Waals surface area contributed by atoms with E-state index in [4.69, 9.17) is 9.47 Å². The molecule has 0 radical (unpaired) electrons. The van der Waals surface area contributed by atoms with Crippen molar-refractivity contribution < 1.29 is 9.47 Å². The minimum Gasteiger partial charge on any atom is -0.493 e. The summed E-state index contributed by atoms with van der Waals surface area (Å²) < 4.78 is 11.3. The van der Waals surface area contributed by atoms with E-state index in [0.29, 0.717) is 40.9 Å². The number of hydrogen-bond donors (Lipinski definition) is 1. The van der Waals surface area contributed by atoms with Crippen LogP contribution >= 0.6 is 0 Å². The van der Waals surface area contributed by atoms with Crippen molar-refractivity contribution in [2.24, 2.45) is 0 Å². The van der Waals surface area contributed by atoms with Crippen molar-refractivity contribution in [2.75, 3.05) is 27.3 Å². The van der Waals surface area contributed by atoms with Gasteiger partial charge in [-0.15, -0.1) is 0 Å². The molecule has 3 rings (SSSR count). The minimum absolute atomic E-state index is 0.159. The van der Waals surface area contributed by atoms with Crippen LogP contribution in [0.2, 0.25) is 0 Å². The zero-order valence-corrected chi connectivity index (χ0v) is 13.2. The van der Waals surface area contributed by atoms with E-state index in [-0.39, 0.29) is 5.56 Å². The van der Waals surface area contributed by atoms with Gasteiger partial charge in [-0.2, -0.15) is 0 Å².